The number of hydrogen-bond donors (Lipinski definition) is 3. The van der Waals surface area contributed by atoms with Crippen LogP contribution >= 0.6 is 0 Å². The first kappa shape index (κ1) is 14.4. The second kappa shape index (κ2) is 5.95. The number of aromatic nitrogens is 3. The van der Waals surface area contributed by atoms with Crippen molar-refractivity contribution in [1.82, 2.24) is 24.2 Å². The zero-order valence-electron chi connectivity index (χ0n) is 10.9. The maximum Gasteiger partial charge on any atom is 0.280 e. The van der Waals surface area contributed by atoms with Crippen molar-refractivity contribution in [2.75, 3.05) is 19.6 Å². The number of H-pyrrole nitrogens is 1. The summed E-state index contributed by atoms with van der Waals surface area (Å²) in [6.45, 7) is 3.38. The third-order valence-corrected chi connectivity index (χ3v) is 5.11. The van der Waals surface area contributed by atoms with E-state index in [1.807, 2.05) is 0 Å². The van der Waals surface area contributed by atoms with E-state index in [1.165, 1.54) is 10.6 Å². The molecule has 1 unspecified atom stereocenters. The molecule has 1 aromatic rings. The minimum absolute atomic E-state index is 0.429. The first-order chi connectivity index (χ1) is 9.03. The molecule has 2 rings (SSSR count). The van der Waals surface area contributed by atoms with E-state index in [0.29, 0.717) is 31.4 Å². The molecule has 2 heterocycles. The van der Waals surface area contributed by atoms with Crippen LogP contribution in [0.1, 0.15) is 31.6 Å². The van der Waals surface area contributed by atoms with E-state index in [-0.39, 0.29) is 0 Å². The molecule has 1 aliphatic rings. The monoisotopic (exact) mass is 288 g/mol. The Morgan fingerprint density at radius 1 is 1.58 bits per heavy atom. The van der Waals surface area contributed by atoms with Crippen LogP contribution in [0.25, 0.3) is 0 Å². The Kier molecular flexibility index (Phi) is 4.50. The highest BCUT2D eigenvalue weighted by molar-refractivity contribution is 7.87. The molecule has 0 aromatic carbocycles. The van der Waals surface area contributed by atoms with Crippen LogP contribution in [0, 0.1) is 5.92 Å². The molecule has 1 saturated heterocycles. The molecule has 1 fully saturated rings. The van der Waals surface area contributed by atoms with Gasteiger partial charge in [-0.25, -0.2) is 4.98 Å². The summed E-state index contributed by atoms with van der Waals surface area (Å²) in [6, 6.07) is -0.431. The minimum Gasteiger partial charge on any atom is -0.330 e. The Morgan fingerprint density at radius 2 is 2.26 bits per heavy atom. The van der Waals surface area contributed by atoms with Crippen LogP contribution in [0.15, 0.2) is 6.33 Å². The van der Waals surface area contributed by atoms with Crippen molar-refractivity contribution in [3.05, 3.63) is 12.2 Å². The average molecular weight is 288 g/mol. The average Bonchev–Trinajstić information content (AvgIpc) is 2.92. The van der Waals surface area contributed by atoms with Crippen LogP contribution in [0.2, 0.25) is 0 Å². The van der Waals surface area contributed by atoms with E-state index in [0.717, 1.165) is 12.8 Å². The number of aromatic amines is 1. The van der Waals surface area contributed by atoms with Crippen molar-refractivity contribution >= 4 is 10.2 Å². The first-order valence-corrected chi connectivity index (χ1v) is 7.79. The van der Waals surface area contributed by atoms with Gasteiger partial charge in [-0.2, -0.15) is 22.5 Å². The summed E-state index contributed by atoms with van der Waals surface area (Å²) in [6.07, 6.45) is 2.98. The number of nitrogens with two attached hydrogens (primary N) is 1. The second-order valence-electron chi connectivity index (χ2n) is 4.79. The zero-order valence-corrected chi connectivity index (χ0v) is 11.7. The molecule has 8 nitrogen and oxygen atoms in total. The standard InChI is InChI=1S/C10H20N6O2S/c1-8(10-12-7-13-14-10)15-19(17,18)16-4-2-9(6-11)3-5-16/h7-9,15H,2-6,11H2,1H3,(H,12,13,14). The molecule has 19 heavy (non-hydrogen) atoms. The third kappa shape index (κ3) is 3.50. The molecule has 4 N–H and O–H groups in total. The van der Waals surface area contributed by atoms with E-state index >= 15 is 0 Å². The van der Waals surface area contributed by atoms with Crippen LogP contribution in [0.4, 0.5) is 0 Å². The highest BCUT2D eigenvalue weighted by Crippen LogP contribution is 2.19. The maximum atomic E-state index is 12.2. The fourth-order valence-electron chi connectivity index (χ4n) is 2.16. The summed E-state index contributed by atoms with van der Waals surface area (Å²) < 4.78 is 28.5. The molecular weight excluding hydrogens is 268 g/mol. The Hall–Kier alpha value is -1.03. The van der Waals surface area contributed by atoms with Crippen LogP contribution in [0.3, 0.4) is 0 Å². The number of nitrogens with one attached hydrogen (secondary N) is 2. The molecule has 0 radical (unpaired) electrons. The van der Waals surface area contributed by atoms with Crippen molar-refractivity contribution in [3.63, 3.8) is 0 Å². The van der Waals surface area contributed by atoms with Crippen molar-refractivity contribution in [2.24, 2.45) is 11.7 Å². The summed E-state index contributed by atoms with van der Waals surface area (Å²) in [5.41, 5.74) is 5.60. The zero-order chi connectivity index (χ0) is 13.9. The lowest BCUT2D eigenvalue weighted by Crippen LogP contribution is -2.46. The molecule has 0 spiro atoms. The SMILES string of the molecule is CC(NS(=O)(=O)N1CCC(CN)CC1)c1ncn[nH]1. The Morgan fingerprint density at radius 3 is 2.79 bits per heavy atom. The molecule has 0 saturated carbocycles. The molecule has 1 aromatic heterocycles. The highest BCUT2D eigenvalue weighted by atomic mass is 32.2. The maximum absolute atomic E-state index is 12.2. The largest absolute Gasteiger partial charge is 0.330 e. The first-order valence-electron chi connectivity index (χ1n) is 6.35. The van der Waals surface area contributed by atoms with Gasteiger partial charge in [-0.05, 0) is 32.2 Å². The number of piperidine rings is 1. The van der Waals surface area contributed by atoms with Crippen molar-refractivity contribution < 1.29 is 8.42 Å². The van der Waals surface area contributed by atoms with Gasteiger partial charge in [0.2, 0.25) is 0 Å². The molecule has 1 aliphatic heterocycles. The predicted octanol–water partition coefficient (Wildman–Crippen LogP) is -0.629. The fourth-order valence-corrected chi connectivity index (χ4v) is 3.56. The van der Waals surface area contributed by atoms with Crippen molar-refractivity contribution in [2.45, 2.75) is 25.8 Å². The lowest BCUT2D eigenvalue weighted by Gasteiger charge is -2.31. The van der Waals surface area contributed by atoms with Crippen LogP contribution < -0.4 is 10.5 Å². The van der Waals surface area contributed by atoms with Crippen LogP contribution in [-0.2, 0) is 10.2 Å². The van der Waals surface area contributed by atoms with Gasteiger partial charge in [0.05, 0.1) is 6.04 Å². The summed E-state index contributed by atoms with van der Waals surface area (Å²) in [5.74, 6) is 0.929. The van der Waals surface area contributed by atoms with Crippen LogP contribution in [-0.4, -0.2) is 47.5 Å². The molecule has 0 aliphatic carbocycles. The topological polar surface area (TPSA) is 117 Å². The van der Waals surface area contributed by atoms with E-state index in [2.05, 4.69) is 19.9 Å². The molecule has 1 atom stereocenters. The van der Waals surface area contributed by atoms with Gasteiger partial charge >= 0.3 is 0 Å². The smallest absolute Gasteiger partial charge is 0.280 e. The summed E-state index contributed by atoms with van der Waals surface area (Å²) in [7, 11) is -3.49. The Labute approximate surface area is 113 Å². The predicted molar refractivity (Wildman–Crippen MR) is 70.2 cm³/mol. The van der Waals surface area contributed by atoms with Gasteiger partial charge in [0.1, 0.15) is 12.2 Å². The lowest BCUT2D eigenvalue weighted by atomic mass is 9.99. The normalized spacial score (nSPS) is 20.5. The Bertz CT molecular complexity index is 480. The van der Waals surface area contributed by atoms with Gasteiger partial charge < -0.3 is 5.73 Å². The minimum atomic E-state index is -3.49. The number of hydrogen-bond acceptors (Lipinski definition) is 5. The lowest BCUT2D eigenvalue weighted by molar-refractivity contribution is 0.274. The quantitative estimate of drug-likeness (QED) is 0.667. The summed E-state index contributed by atoms with van der Waals surface area (Å²) in [4.78, 5) is 3.94. The molecule has 0 amide bonds. The fraction of sp³-hybridized carbons (Fsp3) is 0.800. The Balaban J connectivity index is 1.95. The molecular formula is C10H20N6O2S. The van der Waals surface area contributed by atoms with Gasteiger partial charge in [-0.1, -0.05) is 0 Å². The van der Waals surface area contributed by atoms with E-state index in [1.54, 1.807) is 6.92 Å². The van der Waals surface area contributed by atoms with Gasteiger partial charge in [0, 0.05) is 13.1 Å². The number of nitrogens with zero attached hydrogens (tertiary/aromatic N) is 3. The van der Waals surface area contributed by atoms with Gasteiger partial charge in [0.15, 0.2) is 0 Å². The summed E-state index contributed by atoms with van der Waals surface area (Å²) >= 11 is 0. The van der Waals surface area contributed by atoms with Gasteiger partial charge in [-0.3, -0.25) is 5.10 Å². The molecule has 108 valence electrons. The summed E-state index contributed by atoms with van der Waals surface area (Å²) in [5, 5.41) is 6.36. The number of rotatable bonds is 5. The van der Waals surface area contributed by atoms with E-state index in [9.17, 15) is 8.42 Å². The van der Waals surface area contributed by atoms with Crippen molar-refractivity contribution in [1.29, 1.82) is 0 Å². The van der Waals surface area contributed by atoms with Crippen LogP contribution in [0.5, 0.6) is 0 Å². The van der Waals surface area contributed by atoms with Gasteiger partial charge in [0.25, 0.3) is 10.2 Å². The van der Waals surface area contributed by atoms with E-state index in [4.69, 9.17) is 5.73 Å². The van der Waals surface area contributed by atoms with Crippen molar-refractivity contribution in [3.8, 4) is 0 Å². The third-order valence-electron chi connectivity index (χ3n) is 3.42. The van der Waals surface area contributed by atoms with E-state index < -0.39 is 16.3 Å². The second-order valence-corrected chi connectivity index (χ2v) is 6.50. The molecule has 9 heteroatoms. The van der Waals surface area contributed by atoms with Gasteiger partial charge in [-0.15, -0.1) is 0 Å². The highest BCUT2D eigenvalue weighted by Gasteiger charge is 2.29. The molecule has 0 bridgehead atoms.